The van der Waals surface area contributed by atoms with Gasteiger partial charge >= 0.3 is 0 Å². The van der Waals surface area contributed by atoms with Crippen molar-refractivity contribution in [1.29, 1.82) is 0 Å². The molecule has 7 heteroatoms. The number of piperidine rings is 1. The smallest absolute Gasteiger partial charge is 0.244 e. The lowest BCUT2D eigenvalue weighted by atomic mass is 10.1. The number of rotatable bonds is 5. The molecule has 1 saturated heterocycles. The van der Waals surface area contributed by atoms with E-state index in [4.69, 9.17) is 11.6 Å². The van der Waals surface area contributed by atoms with E-state index in [1.165, 1.54) is 18.2 Å². The second-order valence-electron chi connectivity index (χ2n) is 5.65. The lowest BCUT2D eigenvalue weighted by Gasteiger charge is -2.29. The molecule has 2 N–H and O–H groups in total. The van der Waals surface area contributed by atoms with Crippen molar-refractivity contribution in [1.82, 2.24) is 10.2 Å². The summed E-state index contributed by atoms with van der Waals surface area (Å²) in [6.07, 6.45) is 3.17. The zero-order valence-electron chi connectivity index (χ0n) is 13.1. The fourth-order valence-corrected chi connectivity index (χ4v) is 2.78. The number of nitrogens with one attached hydrogen (secondary N) is 2. The number of hydrogen-bond acceptors (Lipinski definition) is 3. The van der Waals surface area contributed by atoms with Gasteiger partial charge in [-0.15, -0.1) is 0 Å². The molecule has 2 rings (SSSR count). The molecular formula is C16H21ClFN3O2. The molecule has 1 atom stereocenters. The Labute approximate surface area is 140 Å². The number of amides is 2. The van der Waals surface area contributed by atoms with Gasteiger partial charge in [-0.25, -0.2) is 4.39 Å². The summed E-state index contributed by atoms with van der Waals surface area (Å²) in [5, 5.41) is 5.70. The van der Waals surface area contributed by atoms with Crippen LogP contribution < -0.4 is 10.6 Å². The molecule has 1 fully saturated rings. The number of hydrogen-bond donors (Lipinski definition) is 2. The topological polar surface area (TPSA) is 61.4 Å². The maximum atomic E-state index is 13.0. The van der Waals surface area contributed by atoms with Crippen LogP contribution in [0.4, 0.5) is 10.1 Å². The van der Waals surface area contributed by atoms with Crippen molar-refractivity contribution in [3.63, 3.8) is 0 Å². The van der Waals surface area contributed by atoms with E-state index in [9.17, 15) is 14.0 Å². The number of carbonyl (C=O) groups is 2. The quantitative estimate of drug-likeness (QED) is 0.864. The van der Waals surface area contributed by atoms with Crippen molar-refractivity contribution in [2.24, 2.45) is 0 Å². The van der Waals surface area contributed by atoms with Crippen molar-refractivity contribution in [2.45, 2.75) is 32.2 Å². The van der Waals surface area contributed by atoms with Crippen molar-refractivity contribution < 1.29 is 14.0 Å². The second kappa shape index (κ2) is 8.15. The average Bonchev–Trinajstić information content (AvgIpc) is 2.54. The summed E-state index contributed by atoms with van der Waals surface area (Å²) in [5.74, 6) is -0.813. The molecule has 23 heavy (non-hydrogen) atoms. The van der Waals surface area contributed by atoms with Crippen LogP contribution in [-0.2, 0) is 9.59 Å². The Morgan fingerprint density at radius 2 is 2.00 bits per heavy atom. The molecule has 0 saturated carbocycles. The Kier molecular flexibility index (Phi) is 6.21. The summed E-state index contributed by atoms with van der Waals surface area (Å²) in [6.45, 7) is 3.15. The average molecular weight is 342 g/mol. The molecule has 1 aliphatic heterocycles. The van der Waals surface area contributed by atoms with Gasteiger partial charge in [-0.05, 0) is 44.4 Å². The molecule has 1 aliphatic rings. The summed E-state index contributed by atoms with van der Waals surface area (Å²) >= 11 is 5.88. The van der Waals surface area contributed by atoms with Crippen LogP contribution in [0.3, 0.4) is 0 Å². The third-order valence-electron chi connectivity index (χ3n) is 3.79. The molecule has 0 aromatic heterocycles. The Balaban J connectivity index is 1.80. The first-order valence-corrected chi connectivity index (χ1v) is 8.12. The maximum absolute atomic E-state index is 13.0. The first kappa shape index (κ1) is 17.5. The minimum absolute atomic E-state index is 0.0387. The SMILES string of the molecule is C[C@@H](NC(=O)CNc1ccc(F)cc1Cl)C(=O)N1CCCCC1. The summed E-state index contributed by atoms with van der Waals surface area (Å²) in [6, 6.07) is 3.33. The van der Waals surface area contributed by atoms with E-state index in [1.807, 2.05) is 0 Å². The third-order valence-corrected chi connectivity index (χ3v) is 4.10. The third kappa shape index (κ3) is 5.10. The Hall–Kier alpha value is -1.82. The van der Waals surface area contributed by atoms with E-state index in [-0.39, 0.29) is 23.4 Å². The molecule has 0 radical (unpaired) electrons. The monoisotopic (exact) mass is 341 g/mol. The van der Waals surface area contributed by atoms with E-state index in [0.717, 1.165) is 32.4 Å². The number of halogens is 2. The predicted molar refractivity (Wildman–Crippen MR) is 87.9 cm³/mol. The second-order valence-corrected chi connectivity index (χ2v) is 6.06. The molecule has 1 aromatic rings. The summed E-state index contributed by atoms with van der Waals surface area (Å²) in [5.41, 5.74) is 0.471. The van der Waals surface area contributed by atoms with Crippen LogP contribution in [0.1, 0.15) is 26.2 Å². The molecule has 0 spiro atoms. The van der Waals surface area contributed by atoms with Gasteiger partial charge in [0.15, 0.2) is 0 Å². The van der Waals surface area contributed by atoms with Gasteiger partial charge in [0.2, 0.25) is 11.8 Å². The molecule has 126 valence electrons. The zero-order valence-corrected chi connectivity index (χ0v) is 13.8. The van der Waals surface area contributed by atoms with Crippen molar-refractivity contribution in [2.75, 3.05) is 25.0 Å². The number of carbonyl (C=O) groups excluding carboxylic acids is 2. The van der Waals surface area contributed by atoms with Gasteiger partial charge in [-0.3, -0.25) is 9.59 Å². The highest BCUT2D eigenvalue weighted by Gasteiger charge is 2.23. The van der Waals surface area contributed by atoms with Gasteiger partial charge < -0.3 is 15.5 Å². The molecule has 5 nitrogen and oxygen atoms in total. The summed E-state index contributed by atoms with van der Waals surface area (Å²) in [7, 11) is 0. The first-order valence-electron chi connectivity index (χ1n) is 7.74. The lowest BCUT2D eigenvalue weighted by molar-refractivity contribution is -0.136. The zero-order chi connectivity index (χ0) is 16.8. The minimum atomic E-state index is -0.564. The van der Waals surface area contributed by atoms with E-state index < -0.39 is 11.9 Å². The number of likely N-dealkylation sites (tertiary alicyclic amines) is 1. The fraction of sp³-hybridized carbons (Fsp3) is 0.500. The van der Waals surface area contributed by atoms with Crippen LogP contribution in [0.5, 0.6) is 0 Å². The highest BCUT2D eigenvalue weighted by molar-refractivity contribution is 6.33. The summed E-state index contributed by atoms with van der Waals surface area (Å²) in [4.78, 5) is 25.9. The highest BCUT2D eigenvalue weighted by atomic mass is 35.5. The van der Waals surface area contributed by atoms with Crippen LogP contribution in [0.2, 0.25) is 5.02 Å². The summed E-state index contributed by atoms with van der Waals surface area (Å²) < 4.78 is 13.0. The Morgan fingerprint density at radius 3 is 2.65 bits per heavy atom. The van der Waals surface area contributed by atoms with Crippen molar-refractivity contribution in [3.05, 3.63) is 29.0 Å². The minimum Gasteiger partial charge on any atom is -0.375 e. The van der Waals surface area contributed by atoms with Crippen LogP contribution in [0, 0.1) is 5.82 Å². The van der Waals surface area contributed by atoms with Gasteiger partial charge in [-0.2, -0.15) is 0 Å². The van der Waals surface area contributed by atoms with Crippen LogP contribution in [0.15, 0.2) is 18.2 Å². The van der Waals surface area contributed by atoms with Gasteiger partial charge in [0.05, 0.1) is 17.3 Å². The van der Waals surface area contributed by atoms with Crippen LogP contribution in [0.25, 0.3) is 0 Å². The predicted octanol–water partition coefficient (Wildman–Crippen LogP) is 2.41. The maximum Gasteiger partial charge on any atom is 0.244 e. The Bertz CT molecular complexity index is 576. The number of benzene rings is 1. The number of nitrogens with zero attached hydrogens (tertiary/aromatic N) is 1. The fourth-order valence-electron chi connectivity index (χ4n) is 2.55. The van der Waals surface area contributed by atoms with E-state index >= 15 is 0 Å². The normalized spacial score (nSPS) is 15.9. The Morgan fingerprint density at radius 1 is 1.30 bits per heavy atom. The molecule has 0 aliphatic carbocycles. The molecule has 2 amide bonds. The molecule has 0 unspecified atom stereocenters. The number of anilines is 1. The van der Waals surface area contributed by atoms with Gasteiger partial charge in [0, 0.05) is 13.1 Å². The highest BCUT2D eigenvalue weighted by Crippen LogP contribution is 2.21. The first-order chi connectivity index (χ1) is 11.0. The largest absolute Gasteiger partial charge is 0.375 e. The van der Waals surface area contributed by atoms with Crippen LogP contribution >= 0.6 is 11.6 Å². The van der Waals surface area contributed by atoms with Crippen LogP contribution in [-0.4, -0.2) is 42.4 Å². The van der Waals surface area contributed by atoms with E-state index in [2.05, 4.69) is 10.6 Å². The molecular weight excluding hydrogens is 321 g/mol. The van der Waals surface area contributed by atoms with E-state index in [0.29, 0.717) is 5.69 Å². The lowest BCUT2D eigenvalue weighted by Crippen LogP contribution is -2.49. The molecule has 0 bridgehead atoms. The van der Waals surface area contributed by atoms with Crippen molar-refractivity contribution >= 4 is 29.1 Å². The standard InChI is InChI=1S/C16H21ClFN3O2/c1-11(16(23)21-7-3-2-4-8-21)20-15(22)10-19-14-6-5-12(18)9-13(14)17/h5-6,9,11,19H,2-4,7-8,10H2,1H3,(H,20,22)/t11-/m1/s1. The van der Waals surface area contributed by atoms with Gasteiger partial charge in [0.1, 0.15) is 11.9 Å². The van der Waals surface area contributed by atoms with E-state index in [1.54, 1.807) is 11.8 Å². The van der Waals surface area contributed by atoms with Crippen molar-refractivity contribution in [3.8, 4) is 0 Å². The molecule has 1 aromatic carbocycles. The van der Waals surface area contributed by atoms with Gasteiger partial charge in [0.25, 0.3) is 0 Å². The molecule has 1 heterocycles. The van der Waals surface area contributed by atoms with Gasteiger partial charge in [-0.1, -0.05) is 11.6 Å².